The Labute approximate surface area is 171 Å². The van der Waals surface area contributed by atoms with Gasteiger partial charge in [0, 0.05) is 56.5 Å². The van der Waals surface area contributed by atoms with Crippen LogP contribution in [0.15, 0.2) is 36.4 Å². The smallest absolute Gasteiger partial charge is 0.130 e. The van der Waals surface area contributed by atoms with Gasteiger partial charge >= 0.3 is 0 Å². The molecule has 2 aromatic carbocycles. The van der Waals surface area contributed by atoms with Crippen molar-refractivity contribution in [3.63, 3.8) is 0 Å². The maximum atomic E-state index is 14.1. The summed E-state index contributed by atoms with van der Waals surface area (Å²) < 4.78 is 39.0. The summed E-state index contributed by atoms with van der Waals surface area (Å²) in [6.45, 7) is 9.29. The summed E-state index contributed by atoms with van der Waals surface area (Å²) in [6.07, 6.45) is 0.480. The molecule has 0 aromatic heterocycles. The Morgan fingerprint density at radius 2 is 1.76 bits per heavy atom. The minimum Gasteiger partial charge on any atom is -0.492 e. The third-order valence-corrected chi connectivity index (χ3v) is 5.49. The SMILES string of the molecule is C[C@@H]1CN(Cc2ccc3c(c2)CN(Cc2ccc(F)cc2F)CCO3)C[C@H](C)O1. The highest BCUT2D eigenvalue weighted by Crippen LogP contribution is 2.27. The van der Waals surface area contributed by atoms with Crippen molar-refractivity contribution in [2.75, 3.05) is 26.2 Å². The van der Waals surface area contributed by atoms with Gasteiger partial charge in [-0.3, -0.25) is 9.80 Å². The topological polar surface area (TPSA) is 24.9 Å². The summed E-state index contributed by atoms with van der Waals surface area (Å²) in [5.74, 6) is -0.161. The maximum absolute atomic E-state index is 14.1. The zero-order valence-corrected chi connectivity index (χ0v) is 17.0. The van der Waals surface area contributed by atoms with Gasteiger partial charge in [-0.1, -0.05) is 12.1 Å². The van der Waals surface area contributed by atoms with E-state index in [2.05, 4.69) is 35.8 Å². The highest BCUT2D eigenvalue weighted by molar-refractivity contribution is 5.38. The molecule has 2 aliphatic heterocycles. The van der Waals surface area contributed by atoms with Crippen molar-refractivity contribution in [1.82, 2.24) is 9.80 Å². The number of halogens is 2. The molecule has 1 fully saturated rings. The van der Waals surface area contributed by atoms with Crippen LogP contribution in [0.25, 0.3) is 0 Å². The van der Waals surface area contributed by atoms with E-state index in [1.54, 1.807) is 0 Å². The van der Waals surface area contributed by atoms with Crippen LogP contribution in [0.3, 0.4) is 0 Å². The van der Waals surface area contributed by atoms with Crippen LogP contribution in [0, 0.1) is 11.6 Å². The fourth-order valence-corrected chi connectivity index (χ4v) is 4.30. The van der Waals surface area contributed by atoms with Crippen molar-refractivity contribution < 1.29 is 18.3 Å². The fraction of sp³-hybridized carbons (Fsp3) is 0.478. The molecule has 0 spiro atoms. The molecular weight excluding hydrogens is 374 g/mol. The van der Waals surface area contributed by atoms with Crippen molar-refractivity contribution in [1.29, 1.82) is 0 Å². The van der Waals surface area contributed by atoms with E-state index < -0.39 is 11.6 Å². The Morgan fingerprint density at radius 1 is 0.966 bits per heavy atom. The number of benzene rings is 2. The van der Waals surface area contributed by atoms with Crippen LogP contribution in [-0.2, 0) is 24.4 Å². The quantitative estimate of drug-likeness (QED) is 0.773. The Morgan fingerprint density at radius 3 is 2.52 bits per heavy atom. The first kappa shape index (κ1) is 20.3. The molecule has 1 saturated heterocycles. The molecule has 0 saturated carbocycles. The molecule has 0 N–H and O–H groups in total. The maximum Gasteiger partial charge on any atom is 0.130 e. The third-order valence-electron chi connectivity index (χ3n) is 5.49. The predicted molar refractivity (Wildman–Crippen MR) is 108 cm³/mol. The molecule has 0 amide bonds. The fourth-order valence-electron chi connectivity index (χ4n) is 4.30. The van der Waals surface area contributed by atoms with E-state index in [1.165, 1.54) is 17.7 Å². The van der Waals surface area contributed by atoms with E-state index in [-0.39, 0.29) is 12.2 Å². The average molecular weight is 402 g/mol. The molecule has 0 radical (unpaired) electrons. The number of ether oxygens (including phenoxy) is 2. The minimum atomic E-state index is -0.549. The molecule has 0 aliphatic carbocycles. The lowest BCUT2D eigenvalue weighted by molar-refractivity contribution is -0.0704. The van der Waals surface area contributed by atoms with Crippen molar-refractivity contribution in [3.05, 3.63) is 64.7 Å². The summed E-state index contributed by atoms with van der Waals surface area (Å²) in [7, 11) is 0. The number of fused-ring (bicyclic) bond motifs is 1. The average Bonchev–Trinajstić information content (AvgIpc) is 2.84. The van der Waals surface area contributed by atoms with Crippen molar-refractivity contribution in [2.24, 2.45) is 0 Å². The predicted octanol–water partition coefficient (Wildman–Crippen LogP) is 3.97. The van der Waals surface area contributed by atoms with Crippen LogP contribution in [0.4, 0.5) is 8.78 Å². The molecule has 29 heavy (non-hydrogen) atoms. The lowest BCUT2D eigenvalue weighted by Crippen LogP contribution is -2.44. The first-order chi connectivity index (χ1) is 14.0. The van der Waals surface area contributed by atoms with Gasteiger partial charge in [0.1, 0.15) is 24.0 Å². The van der Waals surface area contributed by atoms with Crippen LogP contribution in [0.1, 0.15) is 30.5 Å². The molecular formula is C23H28F2N2O2. The standard InChI is InChI=1S/C23H28F2N2O2/c1-16-11-27(12-17(2)29-16)13-18-3-6-23-20(9-18)15-26(7-8-28-23)14-19-4-5-21(24)10-22(19)25/h3-6,9-10,16-17H,7-8,11-15H2,1-2H3/t16-,17+. The molecule has 4 rings (SSSR count). The van der Waals surface area contributed by atoms with Gasteiger partial charge in [-0.25, -0.2) is 8.78 Å². The lowest BCUT2D eigenvalue weighted by Gasteiger charge is -2.35. The molecule has 6 heteroatoms. The third kappa shape index (κ3) is 5.13. The Kier molecular flexibility index (Phi) is 6.13. The molecule has 4 nitrogen and oxygen atoms in total. The summed E-state index contributed by atoms with van der Waals surface area (Å²) in [5, 5.41) is 0. The van der Waals surface area contributed by atoms with Gasteiger partial charge in [-0.15, -0.1) is 0 Å². The number of hydrogen-bond donors (Lipinski definition) is 0. The Balaban J connectivity index is 1.47. The zero-order valence-electron chi connectivity index (χ0n) is 17.0. The summed E-state index contributed by atoms with van der Waals surface area (Å²) in [4.78, 5) is 4.56. The van der Waals surface area contributed by atoms with Crippen molar-refractivity contribution in [3.8, 4) is 5.75 Å². The number of morpholine rings is 1. The Hall–Kier alpha value is -2.02. The van der Waals surface area contributed by atoms with Gasteiger partial charge in [-0.2, -0.15) is 0 Å². The number of rotatable bonds is 4. The highest BCUT2D eigenvalue weighted by Gasteiger charge is 2.23. The lowest BCUT2D eigenvalue weighted by atomic mass is 10.1. The normalized spacial score (nSPS) is 23.3. The van der Waals surface area contributed by atoms with Gasteiger partial charge in [0.15, 0.2) is 0 Å². The second-order valence-electron chi connectivity index (χ2n) is 8.19. The van der Waals surface area contributed by atoms with Crippen LogP contribution < -0.4 is 4.74 Å². The highest BCUT2D eigenvalue weighted by atomic mass is 19.1. The van der Waals surface area contributed by atoms with Crippen LogP contribution in [0.5, 0.6) is 5.75 Å². The molecule has 2 aliphatic rings. The first-order valence-electron chi connectivity index (χ1n) is 10.2. The van der Waals surface area contributed by atoms with E-state index in [4.69, 9.17) is 9.47 Å². The van der Waals surface area contributed by atoms with Crippen LogP contribution in [0.2, 0.25) is 0 Å². The molecule has 2 aromatic rings. The van der Waals surface area contributed by atoms with E-state index in [0.717, 1.165) is 37.0 Å². The molecule has 2 atom stereocenters. The van der Waals surface area contributed by atoms with Gasteiger partial charge in [0.05, 0.1) is 12.2 Å². The van der Waals surface area contributed by atoms with E-state index in [0.29, 0.717) is 31.8 Å². The minimum absolute atomic E-state index is 0.240. The summed E-state index contributed by atoms with van der Waals surface area (Å²) >= 11 is 0. The largest absolute Gasteiger partial charge is 0.492 e. The number of nitrogens with zero attached hydrogens (tertiary/aromatic N) is 2. The van der Waals surface area contributed by atoms with Crippen molar-refractivity contribution >= 4 is 0 Å². The van der Waals surface area contributed by atoms with Crippen LogP contribution in [-0.4, -0.2) is 48.2 Å². The zero-order chi connectivity index (χ0) is 20.4. The second kappa shape index (κ2) is 8.78. The van der Waals surface area contributed by atoms with Crippen LogP contribution >= 0.6 is 0 Å². The second-order valence-corrected chi connectivity index (χ2v) is 8.19. The molecule has 2 heterocycles. The van der Waals surface area contributed by atoms with Gasteiger partial charge in [-0.05, 0) is 37.6 Å². The van der Waals surface area contributed by atoms with Gasteiger partial charge < -0.3 is 9.47 Å². The first-order valence-corrected chi connectivity index (χ1v) is 10.2. The summed E-state index contributed by atoms with van der Waals surface area (Å²) in [5.41, 5.74) is 2.85. The van der Waals surface area contributed by atoms with E-state index in [9.17, 15) is 8.78 Å². The Bertz CT molecular complexity index is 851. The monoisotopic (exact) mass is 402 g/mol. The molecule has 0 bridgehead atoms. The number of hydrogen-bond acceptors (Lipinski definition) is 4. The summed E-state index contributed by atoms with van der Waals surface area (Å²) in [6, 6.07) is 10.1. The van der Waals surface area contributed by atoms with E-state index >= 15 is 0 Å². The van der Waals surface area contributed by atoms with Gasteiger partial charge in [0.2, 0.25) is 0 Å². The van der Waals surface area contributed by atoms with E-state index in [1.807, 2.05) is 6.07 Å². The molecule has 156 valence electrons. The molecule has 0 unspecified atom stereocenters. The van der Waals surface area contributed by atoms with Crippen molar-refractivity contribution in [2.45, 2.75) is 45.7 Å². The van der Waals surface area contributed by atoms with Gasteiger partial charge in [0.25, 0.3) is 0 Å².